The fraction of sp³-hybridized carbons (Fsp3) is 0.0909. The van der Waals surface area contributed by atoms with Gasteiger partial charge in [0, 0.05) is 12.4 Å². The van der Waals surface area contributed by atoms with E-state index in [9.17, 15) is 0 Å². The monoisotopic (exact) mass is 226 g/mol. The van der Waals surface area contributed by atoms with Crippen LogP contribution < -0.4 is 0 Å². The van der Waals surface area contributed by atoms with Gasteiger partial charge in [-0.2, -0.15) is 9.78 Å². The van der Waals surface area contributed by atoms with Gasteiger partial charge in [0.05, 0.1) is 5.69 Å². The fourth-order valence-electron chi connectivity index (χ4n) is 1.61. The van der Waals surface area contributed by atoms with Crippen molar-refractivity contribution in [1.82, 2.24) is 30.0 Å². The van der Waals surface area contributed by atoms with Gasteiger partial charge in [-0.05, 0) is 28.6 Å². The summed E-state index contributed by atoms with van der Waals surface area (Å²) in [5.74, 6) is 0.750. The molecule has 0 atom stereocenters. The Kier molecular flexibility index (Phi) is 2.38. The first-order chi connectivity index (χ1) is 8.43. The first-order valence-electron chi connectivity index (χ1n) is 5.23. The molecule has 6 nitrogen and oxygen atoms in total. The fourth-order valence-corrected chi connectivity index (χ4v) is 1.61. The zero-order valence-electron chi connectivity index (χ0n) is 9.01. The Morgan fingerprint density at radius 1 is 1.06 bits per heavy atom. The molecule has 17 heavy (non-hydrogen) atoms. The van der Waals surface area contributed by atoms with E-state index in [0.29, 0.717) is 6.54 Å². The number of tetrazole rings is 1. The van der Waals surface area contributed by atoms with Crippen LogP contribution in [0.5, 0.6) is 0 Å². The van der Waals surface area contributed by atoms with Crippen molar-refractivity contribution < 1.29 is 0 Å². The lowest BCUT2D eigenvalue weighted by Gasteiger charge is -2.03. The van der Waals surface area contributed by atoms with Crippen LogP contribution in [0.15, 0.2) is 48.8 Å². The molecule has 0 bridgehead atoms. The van der Waals surface area contributed by atoms with Gasteiger partial charge in [-0.1, -0.05) is 18.2 Å². The second-order valence-electron chi connectivity index (χ2n) is 3.55. The average molecular weight is 226 g/mol. The van der Waals surface area contributed by atoms with E-state index in [1.807, 2.05) is 42.6 Å². The highest BCUT2D eigenvalue weighted by molar-refractivity contribution is 5.30. The molecule has 0 fully saturated rings. The third-order valence-electron chi connectivity index (χ3n) is 2.40. The summed E-state index contributed by atoms with van der Waals surface area (Å²) in [7, 11) is 0. The normalized spacial score (nSPS) is 10.6. The molecule has 0 aliphatic carbocycles. The van der Waals surface area contributed by atoms with Crippen molar-refractivity contribution in [3.8, 4) is 5.69 Å². The lowest BCUT2D eigenvalue weighted by molar-refractivity contribution is 0.634. The molecule has 2 aromatic heterocycles. The first kappa shape index (κ1) is 9.71. The van der Waals surface area contributed by atoms with Gasteiger partial charge in [-0.25, -0.2) is 0 Å². The molecule has 3 aromatic rings. The van der Waals surface area contributed by atoms with E-state index < -0.39 is 0 Å². The van der Waals surface area contributed by atoms with Crippen LogP contribution in [0.1, 0.15) is 5.82 Å². The maximum Gasteiger partial charge on any atom is 0.178 e. The summed E-state index contributed by atoms with van der Waals surface area (Å²) < 4.78 is 3.49. The molecular weight excluding hydrogens is 216 g/mol. The van der Waals surface area contributed by atoms with E-state index in [2.05, 4.69) is 20.6 Å². The molecule has 1 aromatic carbocycles. The summed E-state index contributed by atoms with van der Waals surface area (Å²) in [4.78, 5) is 0. The zero-order valence-corrected chi connectivity index (χ0v) is 9.01. The van der Waals surface area contributed by atoms with E-state index in [1.165, 1.54) is 0 Å². The number of hydrogen-bond acceptors (Lipinski definition) is 4. The third-order valence-corrected chi connectivity index (χ3v) is 2.40. The molecule has 0 aliphatic heterocycles. The molecule has 0 saturated heterocycles. The van der Waals surface area contributed by atoms with E-state index in [0.717, 1.165) is 11.5 Å². The van der Waals surface area contributed by atoms with Crippen molar-refractivity contribution >= 4 is 0 Å². The van der Waals surface area contributed by atoms with Crippen LogP contribution in [0.25, 0.3) is 5.69 Å². The zero-order chi connectivity index (χ0) is 11.5. The van der Waals surface area contributed by atoms with Crippen molar-refractivity contribution in [3.63, 3.8) is 0 Å². The van der Waals surface area contributed by atoms with Gasteiger partial charge in [-0.15, -0.1) is 5.10 Å². The van der Waals surface area contributed by atoms with E-state index in [-0.39, 0.29) is 0 Å². The number of benzene rings is 1. The van der Waals surface area contributed by atoms with Gasteiger partial charge in [0.25, 0.3) is 0 Å². The summed E-state index contributed by atoms with van der Waals surface area (Å²) in [6, 6.07) is 11.7. The van der Waals surface area contributed by atoms with Crippen molar-refractivity contribution in [2.24, 2.45) is 0 Å². The molecule has 3 rings (SSSR count). The smallest absolute Gasteiger partial charge is 0.178 e. The molecule has 0 saturated carbocycles. The van der Waals surface area contributed by atoms with Crippen LogP contribution in [-0.2, 0) is 6.54 Å². The Morgan fingerprint density at radius 3 is 2.71 bits per heavy atom. The third kappa shape index (κ3) is 1.92. The molecule has 0 amide bonds. The standard InChI is InChI=1S/C11H10N6/c1-2-5-10(6-3-1)17-11(13-14-15-17)9-16-8-4-7-12-16/h1-8H,9H2. The van der Waals surface area contributed by atoms with Crippen molar-refractivity contribution in [3.05, 3.63) is 54.6 Å². The molecule has 0 N–H and O–H groups in total. The number of rotatable bonds is 3. The first-order valence-corrected chi connectivity index (χ1v) is 5.23. The lowest BCUT2D eigenvalue weighted by atomic mass is 10.3. The van der Waals surface area contributed by atoms with Crippen molar-refractivity contribution in [2.75, 3.05) is 0 Å². The predicted molar refractivity (Wildman–Crippen MR) is 60.5 cm³/mol. The summed E-state index contributed by atoms with van der Waals surface area (Å²) in [6.45, 7) is 0.550. The molecule has 0 unspecified atom stereocenters. The van der Waals surface area contributed by atoms with Gasteiger partial charge in [0.2, 0.25) is 0 Å². The molecule has 84 valence electrons. The summed E-state index contributed by atoms with van der Waals surface area (Å²) in [6.07, 6.45) is 3.61. The average Bonchev–Trinajstić information content (AvgIpc) is 3.02. The topological polar surface area (TPSA) is 61.4 Å². The van der Waals surface area contributed by atoms with Crippen LogP contribution in [0.4, 0.5) is 0 Å². The second-order valence-corrected chi connectivity index (χ2v) is 3.55. The van der Waals surface area contributed by atoms with Crippen LogP contribution in [0, 0.1) is 0 Å². The Hall–Kier alpha value is -2.50. The predicted octanol–water partition coefficient (Wildman–Crippen LogP) is 0.907. The number of nitrogens with zero attached hydrogens (tertiary/aromatic N) is 6. The summed E-state index contributed by atoms with van der Waals surface area (Å²) in [5, 5.41) is 15.8. The van der Waals surface area contributed by atoms with Crippen LogP contribution >= 0.6 is 0 Å². The Bertz CT molecular complexity index is 583. The molecule has 0 radical (unpaired) electrons. The van der Waals surface area contributed by atoms with Crippen LogP contribution in [-0.4, -0.2) is 30.0 Å². The van der Waals surface area contributed by atoms with Crippen LogP contribution in [0.3, 0.4) is 0 Å². The molecule has 0 spiro atoms. The highest BCUT2D eigenvalue weighted by atomic mass is 15.5. The summed E-state index contributed by atoms with van der Waals surface area (Å²) >= 11 is 0. The minimum Gasteiger partial charge on any atom is -0.265 e. The Morgan fingerprint density at radius 2 is 1.94 bits per heavy atom. The minimum atomic E-state index is 0.550. The van der Waals surface area contributed by atoms with Crippen molar-refractivity contribution in [1.29, 1.82) is 0 Å². The van der Waals surface area contributed by atoms with Gasteiger partial charge in [-0.3, -0.25) is 4.68 Å². The summed E-state index contributed by atoms with van der Waals surface area (Å²) in [5.41, 5.74) is 0.944. The maximum atomic E-state index is 4.13. The SMILES string of the molecule is c1ccc(-n2nnnc2Cn2cccn2)cc1. The molecule has 6 heteroatoms. The second kappa shape index (κ2) is 4.17. The number of hydrogen-bond donors (Lipinski definition) is 0. The maximum absolute atomic E-state index is 4.13. The Labute approximate surface area is 97.5 Å². The van der Waals surface area contributed by atoms with Gasteiger partial charge in [0.15, 0.2) is 5.82 Å². The number of para-hydroxylation sites is 1. The lowest BCUT2D eigenvalue weighted by Crippen LogP contribution is -2.08. The minimum absolute atomic E-state index is 0.550. The molecular formula is C11H10N6. The molecule has 2 heterocycles. The van der Waals surface area contributed by atoms with E-state index in [1.54, 1.807) is 15.6 Å². The van der Waals surface area contributed by atoms with Crippen molar-refractivity contribution in [2.45, 2.75) is 6.54 Å². The van der Waals surface area contributed by atoms with Gasteiger partial charge in [0.1, 0.15) is 6.54 Å². The largest absolute Gasteiger partial charge is 0.265 e. The molecule has 0 aliphatic rings. The van der Waals surface area contributed by atoms with Gasteiger partial charge >= 0.3 is 0 Å². The van der Waals surface area contributed by atoms with E-state index in [4.69, 9.17) is 0 Å². The van der Waals surface area contributed by atoms with Crippen LogP contribution in [0.2, 0.25) is 0 Å². The Balaban J connectivity index is 1.95. The highest BCUT2D eigenvalue weighted by Gasteiger charge is 2.08. The number of aromatic nitrogens is 6. The highest BCUT2D eigenvalue weighted by Crippen LogP contribution is 2.07. The van der Waals surface area contributed by atoms with E-state index >= 15 is 0 Å². The quantitative estimate of drug-likeness (QED) is 0.666. The van der Waals surface area contributed by atoms with Gasteiger partial charge < -0.3 is 0 Å².